The van der Waals surface area contributed by atoms with Crippen LogP contribution in [0.3, 0.4) is 0 Å². The Kier molecular flexibility index (Phi) is 4.45. The highest BCUT2D eigenvalue weighted by Gasteiger charge is 2.24. The Morgan fingerprint density at radius 2 is 2.06 bits per heavy atom. The van der Waals surface area contributed by atoms with Crippen molar-refractivity contribution in [2.24, 2.45) is 5.92 Å². The summed E-state index contributed by atoms with van der Waals surface area (Å²) < 4.78 is 0. The summed E-state index contributed by atoms with van der Waals surface area (Å²) in [5.41, 5.74) is 0.140. The van der Waals surface area contributed by atoms with Gasteiger partial charge in [0.1, 0.15) is 11.7 Å². The van der Waals surface area contributed by atoms with Crippen molar-refractivity contribution in [2.75, 3.05) is 0 Å². The van der Waals surface area contributed by atoms with Gasteiger partial charge in [-0.05, 0) is 18.1 Å². The van der Waals surface area contributed by atoms with E-state index in [1.54, 1.807) is 13.8 Å². The van der Waals surface area contributed by atoms with E-state index in [-0.39, 0.29) is 11.6 Å². The number of aliphatic carboxylic acids is 1. The summed E-state index contributed by atoms with van der Waals surface area (Å²) in [7, 11) is 0. The number of nitrogens with zero attached hydrogens (tertiary/aromatic N) is 1. The fourth-order valence-electron chi connectivity index (χ4n) is 1.24. The van der Waals surface area contributed by atoms with Gasteiger partial charge in [0.15, 0.2) is 0 Å². The number of carboxylic acid groups (broad SMARTS) is 1. The molecule has 1 amide bonds. The molecule has 0 bridgehead atoms. The molecule has 0 fully saturated rings. The highest BCUT2D eigenvalue weighted by Crippen LogP contribution is 2.07. The maximum absolute atomic E-state index is 11.7. The van der Waals surface area contributed by atoms with Crippen molar-refractivity contribution in [3.8, 4) is 0 Å². The fraction of sp³-hybridized carbons (Fsp3) is 0.364. The first kappa shape index (κ1) is 13.4. The Labute approximate surface area is 104 Å². The number of pyridine rings is 1. The summed E-state index contributed by atoms with van der Waals surface area (Å²) in [6.07, 6.45) is 1.33. The maximum Gasteiger partial charge on any atom is 0.326 e. The van der Waals surface area contributed by atoms with Gasteiger partial charge in [-0.2, -0.15) is 0 Å². The van der Waals surface area contributed by atoms with E-state index in [4.69, 9.17) is 16.7 Å². The molecule has 0 saturated carbocycles. The molecule has 0 unspecified atom stereocenters. The molecule has 1 aromatic heterocycles. The molecule has 0 aliphatic heterocycles. The maximum atomic E-state index is 11.7. The van der Waals surface area contributed by atoms with Crippen LogP contribution in [0.5, 0.6) is 0 Å². The zero-order chi connectivity index (χ0) is 13.0. The molecular weight excluding hydrogens is 244 g/mol. The number of carboxylic acids is 1. The van der Waals surface area contributed by atoms with E-state index in [2.05, 4.69) is 10.3 Å². The highest BCUT2D eigenvalue weighted by molar-refractivity contribution is 6.30. The molecule has 0 spiro atoms. The van der Waals surface area contributed by atoms with E-state index in [0.717, 1.165) is 0 Å². The van der Waals surface area contributed by atoms with Crippen LogP contribution in [0.25, 0.3) is 0 Å². The Bertz CT molecular complexity index is 417. The average molecular weight is 257 g/mol. The summed E-state index contributed by atoms with van der Waals surface area (Å²) in [6, 6.07) is 2.03. The molecule has 1 rings (SSSR count). The van der Waals surface area contributed by atoms with Crippen LogP contribution in [0.2, 0.25) is 5.02 Å². The summed E-state index contributed by atoms with van der Waals surface area (Å²) in [4.78, 5) is 26.4. The molecule has 0 aliphatic rings. The van der Waals surface area contributed by atoms with Crippen molar-refractivity contribution < 1.29 is 14.7 Å². The minimum atomic E-state index is -1.07. The summed E-state index contributed by atoms with van der Waals surface area (Å²) in [6.45, 7) is 3.43. The molecule has 1 atom stereocenters. The first-order valence-corrected chi connectivity index (χ1v) is 5.45. The van der Waals surface area contributed by atoms with E-state index in [9.17, 15) is 9.59 Å². The number of aromatic nitrogens is 1. The number of nitrogens with one attached hydrogen (secondary N) is 1. The summed E-state index contributed by atoms with van der Waals surface area (Å²) in [5, 5.41) is 11.8. The van der Waals surface area contributed by atoms with Gasteiger partial charge in [-0.1, -0.05) is 25.4 Å². The van der Waals surface area contributed by atoms with Gasteiger partial charge in [-0.15, -0.1) is 0 Å². The normalized spacial score (nSPS) is 12.2. The van der Waals surface area contributed by atoms with Crippen molar-refractivity contribution >= 4 is 23.5 Å². The van der Waals surface area contributed by atoms with Crippen LogP contribution >= 0.6 is 11.6 Å². The lowest BCUT2D eigenvalue weighted by Gasteiger charge is -2.17. The number of amides is 1. The molecule has 17 heavy (non-hydrogen) atoms. The second-order valence-electron chi connectivity index (χ2n) is 3.90. The zero-order valence-electron chi connectivity index (χ0n) is 9.48. The predicted molar refractivity (Wildman–Crippen MR) is 63.0 cm³/mol. The molecule has 0 radical (unpaired) electrons. The minimum absolute atomic E-state index is 0.140. The second-order valence-corrected chi connectivity index (χ2v) is 4.33. The SMILES string of the molecule is CC(C)[C@@H](NC(=O)c1ccc(Cl)cn1)C(=O)O. The molecule has 5 nitrogen and oxygen atoms in total. The van der Waals surface area contributed by atoms with Crippen LogP contribution in [0, 0.1) is 5.92 Å². The molecule has 92 valence electrons. The largest absolute Gasteiger partial charge is 0.480 e. The van der Waals surface area contributed by atoms with Gasteiger partial charge in [0, 0.05) is 6.20 Å². The number of carbonyl (C=O) groups is 2. The molecular formula is C11H13ClN2O3. The van der Waals surface area contributed by atoms with E-state index in [1.807, 2.05) is 0 Å². The smallest absolute Gasteiger partial charge is 0.326 e. The van der Waals surface area contributed by atoms with Crippen molar-refractivity contribution in [1.29, 1.82) is 0 Å². The third-order valence-corrected chi connectivity index (χ3v) is 2.40. The van der Waals surface area contributed by atoms with E-state index >= 15 is 0 Å². The van der Waals surface area contributed by atoms with Crippen LogP contribution in [-0.4, -0.2) is 28.0 Å². The molecule has 0 saturated heterocycles. The first-order chi connectivity index (χ1) is 7.91. The molecule has 0 aliphatic carbocycles. The third-order valence-electron chi connectivity index (χ3n) is 2.18. The van der Waals surface area contributed by atoms with Crippen molar-refractivity contribution in [3.63, 3.8) is 0 Å². The van der Waals surface area contributed by atoms with Gasteiger partial charge in [-0.3, -0.25) is 4.79 Å². The standard InChI is InChI=1S/C11H13ClN2O3/c1-6(2)9(11(16)17)14-10(15)8-4-3-7(12)5-13-8/h3-6,9H,1-2H3,(H,14,15)(H,16,17)/t9-/m1/s1. The fourth-order valence-corrected chi connectivity index (χ4v) is 1.35. The van der Waals surface area contributed by atoms with Gasteiger partial charge in [0.25, 0.3) is 5.91 Å². The van der Waals surface area contributed by atoms with Gasteiger partial charge in [0.2, 0.25) is 0 Å². The van der Waals surface area contributed by atoms with Gasteiger partial charge < -0.3 is 10.4 Å². The Hall–Kier alpha value is -1.62. The molecule has 2 N–H and O–H groups in total. The summed E-state index contributed by atoms with van der Waals surface area (Å²) in [5.74, 6) is -1.80. The lowest BCUT2D eigenvalue weighted by molar-refractivity contribution is -0.140. The van der Waals surface area contributed by atoms with Crippen LogP contribution in [0.4, 0.5) is 0 Å². The van der Waals surface area contributed by atoms with Crippen LogP contribution in [0.15, 0.2) is 18.3 Å². The van der Waals surface area contributed by atoms with Crippen molar-refractivity contribution in [1.82, 2.24) is 10.3 Å². The number of carbonyl (C=O) groups excluding carboxylic acids is 1. The number of hydrogen-bond donors (Lipinski definition) is 2. The minimum Gasteiger partial charge on any atom is -0.480 e. The zero-order valence-corrected chi connectivity index (χ0v) is 10.2. The van der Waals surface area contributed by atoms with E-state index < -0.39 is 17.9 Å². The Balaban J connectivity index is 2.77. The van der Waals surface area contributed by atoms with Crippen molar-refractivity contribution in [2.45, 2.75) is 19.9 Å². The monoisotopic (exact) mass is 256 g/mol. The van der Waals surface area contributed by atoms with Gasteiger partial charge in [-0.25, -0.2) is 9.78 Å². The number of rotatable bonds is 4. The lowest BCUT2D eigenvalue weighted by atomic mass is 10.0. The molecule has 1 aromatic rings. The van der Waals surface area contributed by atoms with Crippen LogP contribution in [0.1, 0.15) is 24.3 Å². The van der Waals surface area contributed by atoms with Gasteiger partial charge in [0.05, 0.1) is 5.02 Å². The van der Waals surface area contributed by atoms with Crippen molar-refractivity contribution in [3.05, 3.63) is 29.0 Å². The Morgan fingerprint density at radius 3 is 2.47 bits per heavy atom. The lowest BCUT2D eigenvalue weighted by Crippen LogP contribution is -2.44. The second kappa shape index (κ2) is 5.63. The first-order valence-electron chi connectivity index (χ1n) is 5.07. The van der Waals surface area contributed by atoms with Crippen LogP contribution < -0.4 is 5.32 Å². The quantitative estimate of drug-likeness (QED) is 0.857. The average Bonchev–Trinajstić information content (AvgIpc) is 2.25. The predicted octanol–water partition coefficient (Wildman–Crippen LogP) is 1.57. The molecule has 0 aromatic carbocycles. The topological polar surface area (TPSA) is 79.3 Å². The van der Waals surface area contributed by atoms with Gasteiger partial charge >= 0.3 is 5.97 Å². The number of halogens is 1. The molecule has 1 heterocycles. The highest BCUT2D eigenvalue weighted by atomic mass is 35.5. The van der Waals surface area contributed by atoms with E-state index in [1.165, 1.54) is 18.3 Å². The van der Waals surface area contributed by atoms with Crippen LogP contribution in [-0.2, 0) is 4.79 Å². The Morgan fingerprint density at radius 1 is 1.41 bits per heavy atom. The number of hydrogen-bond acceptors (Lipinski definition) is 3. The van der Waals surface area contributed by atoms with E-state index in [0.29, 0.717) is 5.02 Å². The molecule has 6 heteroatoms. The summed E-state index contributed by atoms with van der Waals surface area (Å²) >= 11 is 5.63. The third kappa shape index (κ3) is 3.71.